The van der Waals surface area contributed by atoms with Crippen LogP contribution >= 0.6 is 11.6 Å². The Bertz CT molecular complexity index is 223. The number of alkyl halides is 1. The number of rotatable bonds is 3. The quantitative estimate of drug-likeness (QED) is 0.717. The summed E-state index contributed by atoms with van der Waals surface area (Å²) in [4.78, 5) is 0. The highest BCUT2D eigenvalue weighted by molar-refractivity contribution is 6.21. The lowest BCUT2D eigenvalue weighted by molar-refractivity contribution is 0.165. The maximum atomic E-state index is 9.45. The smallest absolute Gasteiger partial charge is 0.0844 e. The van der Waals surface area contributed by atoms with Crippen LogP contribution in [0.25, 0.3) is 0 Å². The number of hydrogen-bond donors (Lipinski definition) is 1. The molecule has 2 atom stereocenters. The first kappa shape index (κ1) is 9.56. The van der Waals surface area contributed by atoms with Gasteiger partial charge >= 0.3 is 0 Å². The Hall–Kier alpha value is -0.530. The minimum atomic E-state index is -0.450. The summed E-state index contributed by atoms with van der Waals surface area (Å²) in [5.74, 6) is 0. The summed E-state index contributed by atoms with van der Waals surface area (Å²) in [6.45, 7) is 1.92. The largest absolute Gasteiger partial charge is 0.391 e. The van der Waals surface area contributed by atoms with Gasteiger partial charge in [0.25, 0.3) is 0 Å². The van der Waals surface area contributed by atoms with E-state index in [1.54, 1.807) is 0 Å². The number of halogens is 1. The van der Waals surface area contributed by atoms with Gasteiger partial charge in [-0.1, -0.05) is 37.3 Å². The third-order valence-electron chi connectivity index (χ3n) is 1.87. The van der Waals surface area contributed by atoms with Crippen molar-refractivity contribution in [2.75, 3.05) is 0 Å². The number of hydrogen-bond acceptors (Lipinski definition) is 1. The third-order valence-corrected chi connectivity index (χ3v) is 2.42. The van der Waals surface area contributed by atoms with E-state index >= 15 is 0 Å². The fourth-order valence-electron chi connectivity index (χ4n) is 1.07. The molecule has 0 aliphatic rings. The lowest BCUT2D eigenvalue weighted by atomic mass is 10.1. The molecule has 0 aliphatic carbocycles. The summed E-state index contributed by atoms with van der Waals surface area (Å²) in [6, 6.07) is 9.64. The summed E-state index contributed by atoms with van der Waals surface area (Å²) in [7, 11) is 0. The van der Waals surface area contributed by atoms with E-state index in [-0.39, 0.29) is 5.38 Å². The molecule has 1 rings (SSSR count). The normalized spacial score (nSPS) is 15.6. The monoisotopic (exact) mass is 184 g/mol. The Morgan fingerprint density at radius 3 is 2.42 bits per heavy atom. The maximum absolute atomic E-state index is 9.45. The van der Waals surface area contributed by atoms with Crippen LogP contribution in [0.2, 0.25) is 0 Å². The first-order valence-corrected chi connectivity index (χ1v) is 4.56. The predicted molar refractivity (Wildman–Crippen MR) is 51.3 cm³/mol. The molecule has 1 nitrogen and oxygen atoms in total. The first-order valence-electron chi connectivity index (χ1n) is 4.12. The second-order valence-corrected chi connectivity index (χ2v) is 3.26. The van der Waals surface area contributed by atoms with E-state index in [1.807, 2.05) is 37.3 Å². The van der Waals surface area contributed by atoms with Crippen molar-refractivity contribution in [3.8, 4) is 0 Å². The first-order chi connectivity index (χ1) is 5.75. The number of benzene rings is 1. The fourth-order valence-corrected chi connectivity index (χ4v) is 1.39. The molecular formula is C10H13ClO. The third kappa shape index (κ3) is 2.23. The average molecular weight is 185 g/mol. The fraction of sp³-hybridized carbons (Fsp3) is 0.400. The Balaban J connectivity index is 2.71. The van der Waals surface area contributed by atoms with E-state index in [4.69, 9.17) is 11.6 Å². The summed E-state index contributed by atoms with van der Waals surface area (Å²) in [6.07, 6.45) is 0.234. The molecule has 0 fully saturated rings. The molecule has 0 saturated heterocycles. The van der Waals surface area contributed by atoms with Crippen LogP contribution in [0.5, 0.6) is 0 Å². The highest BCUT2D eigenvalue weighted by Gasteiger charge is 2.15. The second kappa shape index (κ2) is 4.48. The standard InChI is InChI=1S/C10H13ClO/c1-2-9(12)10(11)8-6-4-3-5-7-8/h3-7,9-10,12H,2H2,1H3. The van der Waals surface area contributed by atoms with Gasteiger partial charge < -0.3 is 5.11 Å². The molecule has 0 spiro atoms. The van der Waals surface area contributed by atoms with E-state index in [1.165, 1.54) is 0 Å². The molecule has 0 saturated carbocycles. The molecule has 0 heterocycles. The Kier molecular flexibility index (Phi) is 3.57. The Labute approximate surface area is 78.0 Å². The van der Waals surface area contributed by atoms with Crippen LogP contribution in [0.4, 0.5) is 0 Å². The van der Waals surface area contributed by atoms with Gasteiger partial charge in [0.05, 0.1) is 11.5 Å². The number of aliphatic hydroxyl groups excluding tert-OH is 1. The van der Waals surface area contributed by atoms with Gasteiger partial charge in [-0.15, -0.1) is 11.6 Å². The molecule has 12 heavy (non-hydrogen) atoms. The topological polar surface area (TPSA) is 20.2 Å². The van der Waals surface area contributed by atoms with E-state index in [0.717, 1.165) is 5.56 Å². The van der Waals surface area contributed by atoms with Gasteiger partial charge in [-0.2, -0.15) is 0 Å². The zero-order valence-corrected chi connectivity index (χ0v) is 7.83. The molecule has 0 radical (unpaired) electrons. The van der Waals surface area contributed by atoms with Crippen molar-refractivity contribution in [3.63, 3.8) is 0 Å². The van der Waals surface area contributed by atoms with E-state index < -0.39 is 6.10 Å². The lowest BCUT2D eigenvalue weighted by Crippen LogP contribution is -2.11. The van der Waals surface area contributed by atoms with Crippen LogP contribution in [0, 0.1) is 0 Å². The van der Waals surface area contributed by atoms with E-state index in [9.17, 15) is 5.11 Å². The summed E-state index contributed by atoms with van der Waals surface area (Å²) < 4.78 is 0. The average Bonchev–Trinajstić information content (AvgIpc) is 2.17. The molecular weight excluding hydrogens is 172 g/mol. The molecule has 0 bridgehead atoms. The molecule has 0 aromatic heterocycles. The van der Waals surface area contributed by atoms with Crippen LogP contribution < -0.4 is 0 Å². The van der Waals surface area contributed by atoms with Gasteiger partial charge in [-0.25, -0.2) is 0 Å². The number of aliphatic hydroxyl groups is 1. The van der Waals surface area contributed by atoms with Crippen LogP contribution in [0.3, 0.4) is 0 Å². The van der Waals surface area contributed by atoms with Crippen molar-refractivity contribution >= 4 is 11.6 Å². The highest BCUT2D eigenvalue weighted by atomic mass is 35.5. The molecule has 66 valence electrons. The van der Waals surface area contributed by atoms with Gasteiger partial charge in [-0.05, 0) is 12.0 Å². The molecule has 0 aliphatic heterocycles. The van der Waals surface area contributed by atoms with Gasteiger partial charge in [-0.3, -0.25) is 0 Å². The summed E-state index contributed by atoms with van der Waals surface area (Å²) >= 11 is 6.01. The molecule has 1 aromatic carbocycles. The molecule has 1 aromatic rings. The second-order valence-electron chi connectivity index (χ2n) is 2.79. The van der Waals surface area contributed by atoms with Crippen LogP contribution in [0.15, 0.2) is 30.3 Å². The molecule has 0 amide bonds. The SMILES string of the molecule is CCC(O)C(Cl)c1ccccc1. The van der Waals surface area contributed by atoms with Crippen LogP contribution in [0.1, 0.15) is 24.3 Å². The predicted octanol–water partition coefficient (Wildman–Crippen LogP) is 2.74. The van der Waals surface area contributed by atoms with Crippen molar-refractivity contribution in [3.05, 3.63) is 35.9 Å². The van der Waals surface area contributed by atoms with Gasteiger partial charge in [0.15, 0.2) is 0 Å². The van der Waals surface area contributed by atoms with Gasteiger partial charge in [0.2, 0.25) is 0 Å². The molecule has 2 unspecified atom stereocenters. The Morgan fingerprint density at radius 1 is 1.33 bits per heavy atom. The van der Waals surface area contributed by atoms with Crippen molar-refractivity contribution in [1.29, 1.82) is 0 Å². The molecule has 1 N–H and O–H groups in total. The molecule has 2 heteroatoms. The van der Waals surface area contributed by atoms with Crippen molar-refractivity contribution in [2.24, 2.45) is 0 Å². The lowest BCUT2D eigenvalue weighted by Gasteiger charge is -2.14. The van der Waals surface area contributed by atoms with Crippen molar-refractivity contribution < 1.29 is 5.11 Å². The minimum absolute atomic E-state index is 0.281. The highest BCUT2D eigenvalue weighted by Crippen LogP contribution is 2.25. The van der Waals surface area contributed by atoms with E-state index in [0.29, 0.717) is 6.42 Å². The van der Waals surface area contributed by atoms with Crippen molar-refractivity contribution in [1.82, 2.24) is 0 Å². The zero-order chi connectivity index (χ0) is 8.97. The van der Waals surface area contributed by atoms with Crippen molar-refractivity contribution in [2.45, 2.75) is 24.8 Å². The van der Waals surface area contributed by atoms with E-state index in [2.05, 4.69) is 0 Å². The summed E-state index contributed by atoms with van der Waals surface area (Å²) in [5.41, 5.74) is 0.980. The van der Waals surface area contributed by atoms with Gasteiger partial charge in [0.1, 0.15) is 0 Å². The van der Waals surface area contributed by atoms with Crippen LogP contribution in [-0.4, -0.2) is 11.2 Å². The Morgan fingerprint density at radius 2 is 1.92 bits per heavy atom. The summed E-state index contributed by atoms with van der Waals surface area (Å²) in [5, 5.41) is 9.17. The maximum Gasteiger partial charge on any atom is 0.0844 e. The zero-order valence-electron chi connectivity index (χ0n) is 7.07. The van der Waals surface area contributed by atoms with Gasteiger partial charge in [0, 0.05) is 0 Å². The van der Waals surface area contributed by atoms with Crippen LogP contribution in [-0.2, 0) is 0 Å². The minimum Gasteiger partial charge on any atom is -0.391 e.